The minimum atomic E-state index is -0.0366. The average Bonchev–Trinajstić information content (AvgIpc) is 3.95. The third-order valence-corrected chi connectivity index (χ3v) is 11.5. The van der Waals surface area contributed by atoms with Gasteiger partial charge in [-0.05, 0) is 65.7 Å². The number of nitrogens with zero attached hydrogens (tertiary/aromatic N) is 3. The maximum atomic E-state index is 6.78. The highest BCUT2D eigenvalue weighted by Gasteiger charge is 2.24. The zero-order chi connectivity index (χ0) is 37.5. The lowest BCUT2D eigenvalue weighted by Crippen LogP contribution is -2.31. The number of benzene rings is 8. The molecule has 1 aliphatic heterocycles. The van der Waals surface area contributed by atoms with Crippen molar-refractivity contribution < 1.29 is 4.42 Å². The lowest BCUT2D eigenvalue weighted by atomic mass is 10.00. The second-order valence-electron chi connectivity index (χ2n) is 14.8. The first-order chi connectivity index (χ1) is 28.3. The number of aromatic nitrogens is 2. The van der Waals surface area contributed by atoms with E-state index in [-0.39, 0.29) is 6.04 Å². The van der Waals surface area contributed by atoms with Gasteiger partial charge in [0.05, 0.1) is 44.9 Å². The van der Waals surface area contributed by atoms with Crippen LogP contribution in [0, 0.1) is 0 Å². The normalized spacial score (nSPS) is 14.5. The van der Waals surface area contributed by atoms with Crippen LogP contribution in [0.2, 0.25) is 0 Å². The smallest absolute Gasteiger partial charge is 0.137 e. The molecule has 1 aliphatic rings. The van der Waals surface area contributed by atoms with Crippen LogP contribution in [0.3, 0.4) is 0 Å². The Morgan fingerprint density at radius 1 is 0.474 bits per heavy atom. The molecule has 1 unspecified atom stereocenters. The van der Waals surface area contributed by atoms with E-state index in [1.54, 1.807) is 0 Å². The Morgan fingerprint density at radius 3 is 1.82 bits per heavy atom. The molecule has 0 amide bonds. The van der Waals surface area contributed by atoms with Gasteiger partial charge in [-0.25, -0.2) is 4.99 Å². The van der Waals surface area contributed by atoms with E-state index in [0.717, 1.165) is 61.5 Å². The summed E-state index contributed by atoms with van der Waals surface area (Å²) in [6.45, 7) is 0. The van der Waals surface area contributed by atoms with Crippen molar-refractivity contribution in [2.75, 3.05) is 0 Å². The van der Waals surface area contributed by atoms with E-state index >= 15 is 0 Å². The molecule has 3 aromatic heterocycles. The van der Waals surface area contributed by atoms with Crippen molar-refractivity contribution in [3.05, 3.63) is 211 Å². The lowest BCUT2D eigenvalue weighted by molar-refractivity contribution is 0.668. The Balaban J connectivity index is 1.10. The summed E-state index contributed by atoms with van der Waals surface area (Å²) < 4.78 is 11.7. The maximum Gasteiger partial charge on any atom is 0.137 e. The Morgan fingerprint density at radius 2 is 1.09 bits per heavy atom. The zero-order valence-corrected chi connectivity index (χ0v) is 30.8. The van der Waals surface area contributed by atoms with E-state index in [2.05, 4.69) is 203 Å². The number of hydrogen-bond donors (Lipinski definition) is 1. The van der Waals surface area contributed by atoms with Crippen molar-refractivity contribution in [3.8, 4) is 11.4 Å². The highest BCUT2D eigenvalue weighted by atomic mass is 16.3. The topological polar surface area (TPSA) is 47.4 Å². The van der Waals surface area contributed by atoms with Crippen LogP contribution in [0.25, 0.3) is 82.6 Å². The molecule has 4 heterocycles. The van der Waals surface area contributed by atoms with E-state index in [0.29, 0.717) is 0 Å². The van der Waals surface area contributed by atoms with Gasteiger partial charge in [0.2, 0.25) is 0 Å². The van der Waals surface area contributed by atoms with Gasteiger partial charge in [-0.2, -0.15) is 0 Å². The van der Waals surface area contributed by atoms with Crippen LogP contribution < -0.4 is 5.32 Å². The van der Waals surface area contributed by atoms with Crippen molar-refractivity contribution in [1.29, 1.82) is 0 Å². The molecule has 11 aromatic rings. The van der Waals surface area contributed by atoms with Crippen molar-refractivity contribution in [3.63, 3.8) is 0 Å². The van der Waals surface area contributed by atoms with Crippen LogP contribution in [0.15, 0.2) is 204 Å². The summed E-state index contributed by atoms with van der Waals surface area (Å²) in [4.78, 5) is 5.18. The molecule has 5 heteroatoms. The summed E-state index contributed by atoms with van der Waals surface area (Å²) in [6.07, 6.45) is 2.21. The number of fused-ring (bicyclic) bond motifs is 10. The second-order valence-corrected chi connectivity index (χ2v) is 14.8. The summed E-state index contributed by atoms with van der Waals surface area (Å²) in [6, 6.07) is 66.7. The number of amidine groups is 1. The first-order valence-electron chi connectivity index (χ1n) is 19.4. The summed E-state index contributed by atoms with van der Waals surface area (Å²) >= 11 is 0. The molecule has 1 atom stereocenters. The predicted molar refractivity (Wildman–Crippen MR) is 236 cm³/mol. The maximum absolute atomic E-state index is 6.78. The molecule has 0 fully saturated rings. The van der Waals surface area contributed by atoms with E-state index in [4.69, 9.17) is 9.41 Å². The lowest BCUT2D eigenvalue weighted by Gasteiger charge is -2.24. The fourth-order valence-corrected chi connectivity index (χ4v) is 9.03. The molecule has 0 aliphatic carbocycles. The second kappa shape index (κ2) is 12.4. The molecule has 0 radical (unpaired) electrons. The molecule has 12 rings (SSSR count). The van der Waals surface area contributed by atoms with Crippen LogP contribution in [0.5, 0.6) is 0 Å². The van der Waals surface area contributed by atoms with Crippen molar-refractivity contribution in [2.45, 2.75) is 6.04 Å². The number of rotatable bonds is 5. The van der Waals surface area contributed by atoms with Crippen LogP contribution in [-0.4, -0.2) is 15.0 Å². The molecule has 0 saturated carbocycles. The van der Waals surface area contributed by atoms with Gasteiger partial charge in [0.15, 0.2) is 0 Å². The van der Waals surface area contributed by atoms with Crippen LogP contribution in [0.1, 0.15) is 22.7 Å². The van der Waals surface area contributed by atoms with Gasteiger partial charge in [-0.15, -0.1) is 0 Å². The van der Waals surface area contributed by atoms with Crippen molar-refractivity contribution in [1.82, 2.24) is 14.5 Å². The fourth-order valence-electron chi connectivity index (χ4n) is 9.03. The summed E-state index contributed by atoms with van der Waals surface area (Å²) in [7, 11) is 0. The van der Waals surface area contributed by atoms with Gasteiger partial charge in [-0.3, -0.25) is 0 Å². The first kappa shape index (κ1) is 31.7. The molecule has 1 N–H and O–H groups in total. The molecular weight excluding hydrogens is 697 g/mol. The third-order valence-electron chi connectivity index (χ3n) is 11.5. The molecule has 0 bridgehead atoms. The quantitative estimate of drug-likeness (QED) is 0.192. The molecule has 268 valence electrons. The first-order valence-corrected chi connectivity index (χ1v) is 19.4. The van der Waals surface area contributed by atoms with Crippen LogP contribution >= 0.6 is 0 Å². The van der Waals surface area contributed by atoms with Crippen LogP contribution in [-0.2, 0) is 0 Å². The minimum Gasteiger partial charge on any atom is -0.456 e. The van der Waals surface area contributed by atoms with Gasteiger partial charge in [0.25, 0.3) is 0 Å². The number of para-hydroxylation sites is 3. The number of nitrogens with one attached hydrogen (secondary N) is 1. The van der Waals surface area contributed by atoms with Crippen molar-refractivity contribution >= 4 is 77.1 Å². The SMILES string of the molecule is C1=C(c2ccccc2)N=C(c2ccc3c(c2)oc2cccc(-n4c5ccccc5c5ccc6c7ccccc7n(-c7ccccc7)c6c54)c23)NC1c1ccccc1. The fraction of sp³-hybridized carbons (Fsp3) is 0.0192. The minimum absolute atomic E-state index is 0.0366. The van der Waals surface area contributed by atoms with E-state index in [9.17, 15) is 0 Å². The molecular formula is C52H34N4O. The summed E-state index contributed by atoms with van der Waals surface area (Å²) in [5.74, 6) is 0.811. The molecule has 0 saturated heterocycles. The van der Waals surface area contributed by atoms with Gasteiger partial charge < -0.3 is 18.9 Å². The Labute approximate surface area is 328 Å². The van der Waals surface area contributed by atoms with E-state index in [1.165, 1.54) is 43.7 Å². The predicted octanol–water partition coefficient (Wildman–Crippen LogP) is 12.9. The Hall–Kier alpha value is -7.63. The van der Waals surface area contributed by atoms with E-state index in [1.807, 2.05) is 6.07 Å². The summed E-state index contributed by atoms with van der Waals surface area (Å²) in [5.41, 5.74) is 12.7. The van der Waals surface area contributed by atoms with Gasteiger partial charge in [0, 0.05) is 38.2 Å². The van der Waals surface area contributed by atoms with E-state index < -0.39 is 0 Å². The molecule has 0 spiro atoms. The van der Waals surface area contributed by atoms with Crippen molar-refractivity contribution in [2.24, 2.45) is 4.99 Å². The average molecular weight is 731 g/mol. The molecule has 5 nitrogen and oxygen atoms in total. The number of hydrogen-bond acceptors (Lipinski definition) is 3. The Kier molecular flexibility index (Phi) is 6.92. The molecule has 57 heavy (non-hydrogen) atoms. The largest absolute Gasteiger partial charge is 0.456 e. The highest BCUT2D eigenvalue weighted by molar-refractivity contribution is 6.25. The summed E-state index contributed by atoms with van der Waals surface area (Å²) in [5, 5.41) is 10.7. The van der Waals surface area contributed by atoms with Gasteiger partial charge >= 0.3 is 0 Å². The number of aliphatic imine (C=N–C) groups is 1. The molecule has 8 aromatic carbocycles. The third kappa shape index (κ3) is 4.85. The monoisotopic (exact) mass is 730 g/mol. The number of furan rings is 1. The highest BCUT2D eigenvalue weighted by Crippen LogP contribution is 2.44. The van der Waals surface area contributed by atoms with Gasteiger partial charge in [0.1, 0.15) is 17.0 Å². The zero-order valence-electron chi connectivity index (χ0n) is 30.8. The van der Waals surface area contributed by atoms with Crippen LogP contribution in [0.4, 0.5) is 0 Å². The standard InChI is InChI=1S/C52H34N4O/c1-4-15-33(16-5-1)42-32-43(34-17-6-2-7-18-34)54-52(53-42)35-27-28-41-48(31-35)57-47-26-14-25-46(49(41)47)56-45-24-13-11-22-38(45)40-30-29-39-37-21-10-12-23-44(37)55(50(39)51(40)56)36-19-8-3-9-20-36/h1-32,42H,(H,53,54). The van der Waals surface area contributed by atoms with Gasteiger partial charge in [-0.1, -0.05) is 140 Å². The Bertz CT molecular complexity index is 3420.